The predicted molar refractivity (Wildman–Crippen MR) is 80.0 cm³/mol. The fourth-order valence-electron chi connectivity index (χ4n) is 1.99. The van der Waals surface area contributed by atoms with Gasteiger partial charge in [-0.25, -0.2) is 4.98 Å². The van der Waals surface area contributed by atoms with Crippen LogP contribution in [0, 0.1) is 0 Å². The van der Waals surface area contributed by atoms with Crippen molar-refractivity contribution in [3.63, 3.8) is 0 Å². The van der Waals surface area contributed by atoms with Gasteiger partial charge in [-0.1, -0.05) is 30.3 Å². The van der Waals surface area contributed by atoms with Crippen molar-refractivity contribution in [2.45, 2.75) is 18.9 Å². The zero-order valence-corrected chi connectivity index (χ0v) is 12.0. The lowest BCUT2D eigenvalue weighted by Crippen LogP contribution is -2.28. The summed E-state index contributed by atoms with van der Waals surface area (Å²) in [4.78, 5) is 16.0. The third kappa shape index (κ3) is 4.03. The Bertz CT molecular complexity index is 595. The number of aliphatic hydroxyl groups is 1. The summed E-state index contributed by atoms with van der Waals surface area (Å²) in [5, 5.41) is 13.1. The number of carbonyl (C=O) groups excluding carboxylic acids is 1. The number of ether oxygens (including phenoxy) is 1. The first-order valence-corrected chi connectivity index (χ1v) is 6.59. The SMILES string of the molecule is COc1ccc(NC(=O)CC(C)(O)c2ccccc2)cn1. The van der Waals surface area contributed by atoms with Crippen LogP contribution in [0.15, 0.2) is 48.7 Å². The van der Waals surface area contributed by atoms with Crippen LogP contribution in [0.3, 0.4) is 0 Å². The molecule has 2 N–H and O–H groups in total. The molecule has 0 saturated carbocycles. The molecule has 2 rings (SSSR count). The number of rotatable bonds is 5. The van der Waals surface area contributed by atoms with Gasteiger partial charge in [0.25, 0.3) is 0 Å². The van der Waals surface area contributed by atoms with E-state index in [1.54, 1.807) is 31.2 Å². The lowest BCUT2D eigenvalue weighted by atomic mass is 9.92. The van der Waals surface area contributed by atoms with Gasteiger partial charge in [-0.15, -0.1) is 0 Å². The van der Waals surface area contributed by atoms with E-state index in [2.05, 4.69) is 10.3 Å². The number of carbonyl (C=O) groups is 1. The van der Waals surface area contributed by atoms with Crippen LogP contribution in [-0.2, 0) is 10.4 Å². The summed E-state index contributed by atoms with van der Waals surface area (Å²) >= 11 is 0. The van der Waals surface area contributed by atoms with Crippen molar-refractivity contribution in [3.8, 4) is 5.88 Å². The van der Waals surface area contributed by atoms with Gasteiger partial charge in [-0.05, 0) is 18.6 Å². The van der Waals surface area contributed by atoms with Crippen molar-refractivity contribution in [3.05, 3.63) is 54.2 Å². The smallest absolute Gasteiger partial charge is 0.227 e. The molecule has 1 heterocycles. The van der Waals surface area contributed by atoms with Crippen LogP contribution in [0.5, 0.6) is 5.88 Å². The number of hydrogen-bond acceptors (Lipinski definition) is 4. The van der Waals surface area contributed by atoms with Crippen LogP contribution in [-0.4, -0.2) is 23.1 Å². The van der Waals surface area contributed by atoms with E-state index in [4.69, 9.17) is 4.74 Å². The first-order valence-electron chi connectivity index (χ1n) is 6.59. The summed E-state index contributed by atoms with van der Waals surface area (Å²) in [6.07, 6.45) is 1.47. The molecule has 5 nitrogen and oxygen atoms in total. The van der Waals surface area contributed by atoms with E-state index in [1.165, 1.54) is 13.3 Å². The van der Waals surface area contributed by atoms with Gasteiger partial charge in [0.15, 0.2) is 0 Å². The average Bonchev–Trinajstić information content (AvgIpc) is 2.48. The zero-order chi connectivity index (χ0) is 15.3. The number of nitrogens with zero attached hydrogens (tertiary/aromatic N) is 1. The lowest BCUT2D eigenvalue weighted by Gasteiger charge is -2.23. The Morgan fingerprint density at radius 3 is 2.57 bits per heavy atom. The first kappa shape index (κ1) is 15.0. The van der Waals surface area contributed by atoms with Crippen molar-refractivity contribution < 1.29 is 14.6 Å². The average molecular weight is 286 g/mol. The molecule has 1 aromatic heterocycles. The minimum atomic E-state index is -1.22. The molecule has 0 spiro atoms. The normalized spacial score (nSPS) is 13.3. The molecule has 0 aliphatic rings. The second-order valence-corrected chi connectivity index (χ2v) is 4.95. The summed E-state index contributed by atoms with van der Waals surface area (Å²) in [5.41, 5.74) is 0.0447. The highest BCUT2D eigenvalue weighted by Gasteiger charge is 2.26. The van der Waals surface area contributed by atoms with Crippen LogP contribution >= 0.6 is 0 Å². The number of anilines is 1. The minimum absolute atomic E-state index is 0.0386. The Balaban J connectivity index is 2.00. The van der Waals surface area contributed by atoms with Gasteiger partial charge in [0, 0.05) is 6.07 Å². The fourth-order valence-corrected chi connectivity index (χ4v) is 1.99. The number of hydrogen-bond donors (Lipinski definition) is 2. The topological polar surface area (TPSA) is 71.5 Å². The van der Waals surface area contributed by atoms with Gasteiger partial charge in [0.2, 0.25) is 11.8 Å². The van der Waals surface area contributed by atoms with E-state index in [9.17, 15) is 9.90 Å². The van der Waals surface area contributed by atoms with Gasteiger partial charge < -0.3 is 15.2 Å². The van der Waals surface area contributed by atoms with Crippen molar-refractivity contribution in [2.24, 2.45) is 0 Å². The molecule has 0 saturated heterocycles. The monoisotopic (exact) mass is 286 g/mol. The molecular weight excluding hydrogens is 268 g/mol. The summed E-state index contributed by atoms with van der Waals surface area (Å²) in [7, 11) is 1.53. The Morgan fingerprint density at radius 1 is 1.29 bits per heavy atom. The first-order chi connectivity index (χ1) is 10.0. The maximum Gasteiger partial charge on any atom is 0.227 e. The lowest BCUT2D eigenvalue weighted by molar-refractivity contribution is -0.120. The van der Waals surface area contributed by atoms with E-state index in [0.29, 0.717) is 17.1 Å². The summed E-state index contributed by atoms with van der Waals surface area (Å²) < 4.78 is 4.95. The Kier molecular flexibility index (Phi) is 4.55. The highest BCUT2D eigenvalue weighted by molar-refractivity contribution is 5.91. The summed E-state index contributed by atoms with van der Waals surface area (Å²) in [6.45, 7) is 1.62. The molecule has 2 aromatic rings. The van der Waals surface area contributed by atoms with Crippen molar-refractivity contribution in [1.82, 2.24) is 4.98 Å². The predicted octanol–water partition coefficient (Wildman–Crippen LogP) is 2.33. The molecule has 0 bridgehead atoms. The van der Waals surface area contributed by atoms with E-state index < -0.39 is 5.60 Å². The highest BCUT2D eigenvalue weighted by Crippen LogP contribution is 2.24. The second kappa shape index (κ2) is 6.37. The molecule has 110 valence electrons. The molecular formula is C16H18N2O3. The molecule has 1 aromatic carbocycles. The molecule has 21 heavy (non-hydrogen) atoms. The third-order valence-corrected chi connectivity index (χ3v) is 3.13. The Hall–Kier alpha value is -2.40. The molecule has 0 aliphatic carbocycles. The van der Waals surface area contributed by atoms with Gasteiger partial charge in [-0.3, -0.25) is 4.79 Å². The quantitative estimate of drug-likeness (QED) is 0.885. The highest BCUT2D eigenvalue weighted by atomic mass is 16.5. The zero-order valence-electron chi connectivity index (χ0n) is 12.0. The largest absolute Gasteiger partial charge is 0.481 e. The molecule has 0 radical (unpaired) electrons. The molecule has 5 heteroatoms. The molecule has 1 atom stereocenters. The van der Waals surface area contributed by atoms with E-state index >= 15 is 0 Å². The van der Waals surface area contributed by atoms with Crippen molar-refractivity contribution in [2.75, 3.05) is 12.4 Å². The second-order valence-electron chi connectivity index (χ2n) is 4.95. The minimum Gasteiger partial charge on any atom is -0.481 e. The van der Waals surface area contributed by atoms with Crippen LogP contribution < -0.4 is 10.1 Å². The van der Waals surface area contributed by atoms with Crippen molar-refractivity contribution >= 4 is 11.6 Å². The number of amides is 1. The van der Waals surface area contributed by atoms with E-state index in [-0.39, 0.29) is 12.3 Å². The summed E-state index contributed by atoms with van der Waals surface area (Å²) in [5.74, 6) is 0.195. The van der Waals surface area contributed by atoms with Gasteiger partial charge in [0.05, 0.1) is 31.0 Å². The Labute approximate surface area is 123 Å². The molecule has 1 unspecified atom stereocenters. The number of pyridine rings is 1. The Morgan fingerprint density at radius 2 is 2.00 bits per heavy atom. The maximum absolute atomic E-state index is 12.0. The maximum atomic E-state index is 12.0. The van der Waals surface area contributed by atoms with Gasteiger partial charge in [0.1, 0.15) is 0 Å². The summed E-state index contributed by atoms with van der Waals surface area (Å²) in [6, 6.07) is 12.5. The number of benzene rings is 1. The third-order valence-electron chi connectivity index (χ3n) is 3.13. The van der Waals surface area contributed by atoms with Gasteiger partial charge in [-0.2, -0.15) is 0 Å². The molecule has 1 amide bonds. The number of methoxy groups -OCH3 is 1. The van der Waals surface area contributed by atoms with Gasteiger partial charge >= 0.3 is 0 Å². The molecule has 0 aliphatic heterocycles. The number of aromatic nitrogens is 1. The van der Waals surface area contributed by atoms with Crippen LogP contribution in [0.1, 0.15) is 18.9 Å². The van der Waals surface area contributed by atoms with E-state index in [0.717, 1.165) is 0 Å². The standard InChI is InChI=1S/C16H18N2O3/c1-16(20,12-6-4-3-5-7-12)10-14(19)18-13-8-9-15(21-2)17-11-13/h3-9,11,20H,10H2,1-2H3,(H,18,19). The van der Waals surface area contributed by atoms with Crippen LogP contribution in [0.25, 0.3) is 0 Å². The van der Waals surface area contributed by atoms with Crippen LogP contribution in [0.2, 0.25) is 0 Å². The van der Waals surface area contributed by atoms with E-state index in [1.807, 2.05) is 18.2 Å². The van der Waals surface area contributed by atoms with Crippen molar-refractivity contribution in [1.29, 1.82) is 0 Å². The van der Waals surface area contributed by atoms with Crippen LogP contribution in [0.4, 0.5) is 5.69 Å². The fraction of sp³-hybridized carbons (Fsp3) is 0.250. The number of nitrogens with one attached hydrogen (secondary N) is 1. The molecule has 0 fully saturated rings.